The summed E-state index contributed by atoms with van der Waals surface area (Å²) in [7, 11) is 0. The molecule has 0 atom stereocenters. The fraction of sp³-hybridized carbons (Fsp3) is 0.176. The molecule has 1 fully saturated rings. The number of nitrogens with one attached hydrogen (secondary N) is 1. The van der Waals surface area contributed by atoms with E-state index >= 15 is 0 Å². The number of hydrogen-bond acceptors (Lipinski definition) is 5. The Kier molecular flexibility index (Phi) is 5.64. The Morgan fingerprint density at radius 2 is 1.90 bits per heavy atom. The number of nitrogens with two attached hydrogens (primary N) is 1. The maximum absolute atomic E-state index is 12.7. The van der Waals surface area contributed by atoms with E-state index in [9.17, 15) is 27.6 Å². The molecular weight excluding hydrogens is 411 g/mol. The van der Waals surface area contributed by atoms with Crippen LogP contribution in [0.1, 0.15) is 5.56 Å². The van der Waals surface area contributed by atoms with Crippen LogP contribution >= 0.6 is 11.8 Å². The Morgan fingerprint density at radius 1 is 1.21 bits per heavy atom. The zero-order chi connectivity index (χ0) is 21.2. The fourth-order valence-electron chi connectivity index (χ4n) is 2.74. The van der Waals surface area contributed by atoms with Gasteiger partial charge in [-0.05, 0) is 47.7 Å². The Bertz CT molecular complexity index is 952. The van der Waals surface area contributed by atoms with Gasteiger partial charge in [0.25, 0.3) is 5.91 Å². The molecule has 0 spiro atoms. The molecule has 0 radical (unpaired) electrons. The molecule has 1 aliphatic rings. The van der Waals surface area contributed by atoms with E-state index in [1.54, 1.807) is 6.07 Å². The maximum atomic E-state index is 12.7. The number of halogens is 3. The summed E-state index contributed by atoms with van der Waals surface area (Å²) in [6, 6.07) is 5.06. The average Bonchev–Trinajstić information content (AvgIpc) is 2.89. The second-order valence-corrected chi connectivity index (χ2v) is 7.07. The number of carbonyl (C=O) groups excluding carboxylic acids is 3. The lowest BCUT2D eigenvalue weighted by molar-refractivity contribution is -0.116. The number of anilines is 2. The van der Waals surface area contributed by atoms with Crippen molar-refractivity contribution in [3.63, 3.8) is 0 Å². The molecule has 1 aromatic carbocycles. The van der Waals surface area contributed by atoms with Gasteiger partial charge >= 0.3 is 17.6 Å². The van der Waals surface area contributed by atoms with Crippen molar-refractivity contribution in [2.24, 2.45) is 5.73 Å². The van der Waals surface area contributed by atoms with Crippen LogP contribution < -0.4 is 16.0 Å². The van der Waals surface area contributed by atoms with Gasteiger partial charge in [-0.15, -0.1) is 0 Å². The van der Waals surface area contributed by atoms with Crippen LogP contribution in [0.25, 0.3) is 0 Å². The maximum Gasteiger partial charge on any atom is 0.446 e. The molecule has 0 unspecified atom stereocenters. The lowest BCUT2D eigenvalue weighted by atomic mass is 10.2. The SMILES string of the molecule is NC(=O)Nc1cnccc1CN1CC(=O)N(c2ccc(SC(F)(F)F)cc2)C1=O. The number of aromatic nitrogens is 1. The summed E-state index contributed by atoms with van der Waals surface area (Å²) >= 11 is -0.287. The van der Waals surface area contributed by atoms with Crippen molar-refractivity contribution < 1.29 is 27.6 Å². The van der Waals surface area contributed by atoms with E-state index in [2.05, 4.69) is 10.3 Å². The number of imide groups is 1. The zero-order valence-electron chi connectivity index (χ0n) is 14.6. The number of pyridine rings is 1. The number of amides is 5. The van der Waals surface area contributed by atoms with Crippen molar-refractivity contribution in [2.45, 2.75) is 16.9 Å². The molecule has 1 aliphatic heterocycles. The molecule has 2 aromatic rings. The van der Waals surface area contributed by atoms with Gasteiger partial charge in [-0.3, -0.25) is 9.78 Å². The van der Waals surface area contributed by atoms with E-state index in [0.717, 1.165) is 4.90 Å². The Balaban J connectivity index is 1.76. The Morgan fingerprint density at radius 3 is 2.52 bits per heavy atom. The molecule has 2 heterocycles. The molecule has 0 saturated carbocycles. The lowest BCUT2D eigenvalue weighted by Crippen LogP contribution is -2.33. The minimum Gasteiger partial charge on any atom is -0.351 e. The summed E-state index contributed by atoms with van der Waals surface area (Å²) in [4.78, 5) is 42.1. The number of thioether (sulfide) groups is 1. The van der Waals surface area contributed by atoms with Crippen molar-refractivity contribution in [2.75, 3.05) is 16.8 Å². The van der Waals surface area contributed by atoms with Crippen molar-refractivity contribution in [3.05, 3.63) is 48.3 Å². The minimum absolute atomic E-state index is 0.00121. The zero-order valence-corrected chi connectivity index (χ0v) is 15.5. The molecule has 5 amide bonds. The second kappa shape index (κ2) is 7.99. The van der Waals surface area contributed by atoms with Gasteiger partial charge in [-0.2, -0.15) is 13.2 Å². The van der Waals surface area contributed by atoms with Gasteiger partial charge in [0.1, 0.15) is 6.54 Å². The predicted octanol–water partition coefficient (Wildman–Crippen LogP) is 3.15. The summed E-state index contributed by atoms with van der Waals surface area (Å²) < 4.78 is 37.3. The lowest BCUT2D eigenvalue weighted by Gasteiger charge is -2.19. The van der Waals surface area contributed by atoms with Gasteiger partial charge in [0, 0.05) is 11.1 Å². The number of hydrogen-bond donors (Lipinski definition) is 2. The molecule has 8 nitrogen and oxygen atoms in total. The van der Waals surface area contributed by atoms with E-state index in [4.69, 9.17) is 5.73 Å². The standard InChI is InChI=1S/C17H14F3N5O3S/c18-17(19,20)29-12-3-1-11(2-4-12)25-14(26)9-24(16(25)28)8-10-5-6-22-7-13(10)23-15(21)27/h1-7H,8-9H2,(H3,21,23,27). The second-order valence-electron chi connectivity index (χ2n) is 5.93. The third kappa shape index (κ3) is 4.96. The first-order valence-electron chi connectivity index (χ1n) is 8.11. The number of rotatable bonds is 5. The van der Waals surface area contributed by atoms with Crippen molar-refractivity contribution in [3.8, 4) is 0 Å². The largest absolute Gasteiger partial charge is 0.446 e. The molecule has 3 rings (SSSR count). The fourth-order valence-corrected chi connectivity index (χ4v) is 3.28. The van der Waals surface area contributed by atoms with Gasteiger partial charge < -0.3 is 16.0 Å². The smallest absolute Gasteiger partial charge is 0.351 e. The molecule has 1 saturated heterocycles. The third-order valence-electron chi connectivity index (χ3n) is 3.90. The minimum atomic E-state index is -4.43. The van der Waals surface area contributed by atoms with Crippen LogP contribution in [-0.2, 0) is 11.3 Å². The summed E-state index contributed by atoms with van der Waals surface area (Å²) in [5.41, 5.74) is 1.65. The van der Waals surface area contributed by atoms with Crippen molar-refractivity contribution in [1.82, 2.24) is 9.88 Å². The molecule has 1 aromatic heterocycles. The highest BCUT2D eigenvalue weighted by Gasteiger charge is 2.37. The van der Waals surface area contributed by atoms with E-state index in [-0.39, 0.29) is 35.4 Å². The number of benzene rings is 1. The summed E-state index contributed by atoms with van der Waals surface area (Å²) in [6.07, 6.45) is 2.82. The number of alkyl halides is 3. The Hall–Kier alpha value is -3.28. The summed E-state index contributed by atoms with van der Waals surface area (Å²) in [5.74, 6) is -0.523. The van der Waals surface area contributed by atoms with Gasteiger partial charge in [-0.1, -0.05) is 0 Å². The van der Waals surface area contributed by atoms with Gasteiger partial charge in [0.2, 0.25) is 0 Å². The van der Waals surface area contributed by atoms with Crippen molar-refractivity contribution in [1.29, 1.82) is 0 Å². The van der Waals surface area contributed by atoms with E-state index in [1.165, 1.54) is 41.6 Å². The summed E-state index contributed by atoms with van der Waals surface area (Å²) in [5, 5.41) is 2.39. The molecule has 12 heteroatoms. The highest BCUT2D eigenvalue weighted by molar-refractivity contribution is 8.00. The molecule has 152 valence electrons. The van der Waals surface area contributed by atoms with Crippen LogP contribution in [0.3, 0.4) is 0 Å². The number of carbonyl (C=O) groups is 3. The van der Waals surface area contributed by atoms with Crippen LogP contribution in [0, 0.1) is 0 Å². The predicted molar refractivity (Wildman–Crippen MR) is 99.1 cm³/mol. The highest BCUT2D eigenvalue weighted by atomic mass is 32.2. The first-order valence-corrected chi connectivity index (χ1v) is 8.93. The van der Waals surface area contributed by atoms with Gasteiger partial charge in [0.05, 0.1) is 24.1 Å². The van der Waals surface area contributed by atoms with E-state index in [0.29, 0.717) is 11.3 Å². The third-order valence-corrected chi connectivity index (χ3v) is 4.64. The first kappa shape index (κ1) is 20.5. The molecule has 0 bridgehead atoms. The molecule has 0 aliphatic carbocycles. The monoisotopic (exact) mass is 425 g/mol. The molecule has 29 heavy (non-hydrogen) atoms. The van der Waals surface area contributed by atoms with Gasteiger partial charge in [-0.25, -0.2) is 14.5 Å². The molecular formula is C17H14F3N5O3S. The van der Waals surface area contributed by atoms with Crippen LogP contribution in [0.4, 0.5) is 34.1 Å². The van der Waals surface area contributed by atoms with Crippen LogP contribution in [0.5, 0.6) is 0 Å². The van der Waals surface area contributed by atoms with Gasteiger partial charge in [0.15, 0.2) is 0 Å². The highest BCUT2D eigenvalue weighted by Crippen LogP contribution is 2.37. The van der Waals surface area contributed by atoms with Crippen molar-refractivity contribution >= 4 is 41.1 Å². The van der Waals surface area contributed by atoms with Crippen LogP contribution in [-0.4, -0.2) is 39.9 Å². The first-order chi connectivity index (χ1) is 13.6. The average molecular weight is 425 g/mol. The quantitative estimate of drug-likeness (QED) is 0.565. The molecule has 3 N–H and O–H groups in total. The number of urea groups is 2. The topological polar surface area (TPSA) is 109 Å². The summed E-state index contributed by atoms with van der Waals surface area (Å²) in [6.45, 7) is -0.225. The number of primary amides is 1. The van der Waals surface area contributed by atoms with E-state index < -0.39 is 23.5 Å². The normalized spacial score (nSPS) is 14.4. The van der Waals surface area contributed by atoms with Crippen LogP contribution in [0.2, 0.25) is 0 Å². The van der Waals surface area contributed by atoms with E-state index in [1.807, 2.05) is 0 Å². The number of nitrogens with zero attached hydrogens (tertiary/aromatic N) is 3. The Labute approximate surface area is 166 Å². The van der Waals surface area contributed by atoms with Crippen LogP contribution in [0.15, 0.2) is 47.6 Å².